The van der Waals surface area contributed by atoms with Crippen LogP contribution < -0.4 is 5.32 Å². The summed E-state index contributed by atoms with van der Waals surface area (Å²) < 4.78 is 5.21. The lowest BCUT2D eigenvalue weighted by atomic mass is 10.0. The maximum absolute atomic E-state index is 10.1. The van der Waals surface area contributed by atoms with Gasteiger partial charge in [-0.15, -0.1) is 0 Å². The molecule has 1 atom stereocenters. The molecule has 5 nitrogen and oxygen atoms in total. The Labute approximate surface area is 104 Å². The number of likely N-dealkylation sites (N-methyl/N-ethyl adjacent to an activating group) is 1. The fraction of sp³-hybridized carbons (Fsp3) is 1.00. The molecule has 2 aliphatic heterocycles. The highest BCUT2D eigenvalue weighted by atomic mass is 16.5. The van der Waals surface area contributed by atoms with Crippen molar-refractivity contribution >= 4 is 0 Å². The molecule has 0 radical (unpaired) electrons. The number of hydrogen-bond donors (Lipinski definition) is 2. The average molecular weight is 243 g/mol. The molecule has 2 aliphatic rings. The number of hydrogen-bond acceptors (Lipinski definition) is 5. The number of rotatable bonds is 5. The number of nitrogens with zero attached hydrogens (tertiary/aromatic N) is 2. The van der Waals surface area contributed by atoms with Crippen LogP contribution in [0.1, 0.15) is 6.42 Å². The highest BCUT2D eigenvalue weighted by Crippen LogP contribution is 2.16. The summed E-state index contributed by atoms with van der Waals surface area (Å²) >= 11 is 0. The Morgan fingerprint density at radius 3 is 2.71 bits per heavy atom. The van der Waals surface area contributed by atoms with Crippen LogP contribution in [0.3, 0.4) is 0 Å². The van der Waals surface area contributed by atoms with E-state index in [2.05, 4.69) is 22.2 Å². The predicted molar refractivity (Wildman–Crippen MR) is 67.2 cm³/mol. The van der Waals surface area contributed by atoms with Gasteiger partial charge in [-0.05, 0) is 7.05 Å². The summed E-state index contributed by atoms with van der Waals surface area (Å²) in [5, 5.41) is 13.4. The lowest BCUT2D eigenvalue weighted by Gasteiger charge is -2.32. The summed E-state index contributed by atoms with van der Waals surface area (Å²) in [5.74, 6) is 0. The van der Waals surface area contributed by atoms with Gasteiger partial charge < -0.3 is 20.1 Å². The minimum Gasteiger partial charge on any atom is -0.386 e. The standard InChI is InChI=1S/C12H25N3O2/c1-14-5-7-15(8-6-14)4-3-13-10-12(16)2-9-17-11-12/h13,16H,2-11H2,1H3. The highest BCUT2D eigenvalue weighted by molar-refractivity contribution is 4.85. The first kappa shape index (κ1) is 13.2. The number of aliphatic hydroxyl groups is 1. The Bertz CT molecular complexity index is 224. The fourth-order valence-electron chi connectivity index (χ4n) is 2.37. The normalized spacial score (nSPS) is 32.1. The smallest absolute Gasteiger partial charge is 0.102 e. The van der Waals surface area contributed by atoms with Gasteiger partial charge >= 0.3 is 0 Å². The van der Waals surface area contributed by atoms with Crippen molar-refractivity contribution in [3.63, 3.8) is 0 Å². The molecule has 2 heterocycles. The van der Waals surface area contributed by atoms with E-state index in [1.807, 2.05) is 0 Å². The molecule has 0 aromatic rings. The van der Waals surface area contributed by atoms with Crippen molar-refractivity contribution in [1.82, 2.24) is 15.1 Å². The van der Waals surface area contributed by atoms with Crippen LogP contribution in [0, 0.1) is 0 Å². The van der Waals surface area contributed by atoms with Crippen molar-refractivity contribution in [3.8, 4) is 0 Å². The second-order valence-corrected chi connectivity index (χ2v) is 5.35. The molecular formula is C12H25N3O2. The van der Waals surface area contributed by atoms with Crippen molar-refractivity contribution in [1.29, 1.82) is 0 Å². The van der Waals surface area contributed by atoms with Crippen molar-refractivity contribution in [3.05, 3.63) is 0 Å². The van der Waals surface area contributed by atoms with Crippen LogP contribution >= 0.6 is 0 Å². The first-order valence-electron chi connectivity index (χ1n) is 6.60. The maximum Gasteiger partial charge on any atom is 0.102 e. The molecule has 1 unspecified atom stereocenters. The zero-order chi connectivity index (χ0) is 12.1. The Morgan fingerprint density at radius 1 is 1.29 bits per heavy atom. The molecule has 0 amide bonds. The first-order valence-corrected chi connectivity index (χ1v) is 6.60. The second kappa shape index (κ2) is 6.11. The fourth-order valence-corrected chi connectivity index (χ4v) is 2.37. The van der Waals surface area contributed by atoms with Gasteiger partial charge in [0.05, 0.1) is 6.61 Å². The van der Waals surface area contributed by atoms with E-state index < -0.39 is 5.60 Å². The van der Waals surface area contributed by atoms with Crippen LogP contribution in [0.25, 0.3) is 0 Å². The quantitative estimate of drug-likeness (QED) is 0.605. The molecular weight excluding hydrogens is 218 g/mol. The van der Waals surface area contributed by atoms with Crippen LogP contribution in [-0.2, 0) is 4.74 Å². The molecule has 0 spiro atoms. The number of ether oxygens (including phenoxy) is 1. The number of nitrogens with one attached hydrogen (secondary N) is 1. The maximum atomic E-state index is 10.1. The highest BCUT2D eigenvalue weighted by Gasteiger charge is 2.31. The Morgan fingerprint density at radius 2 is 2.06 bits per heavy atom. The second-order valence-electron chi connectivity index (χ2n) is 5.35. The molecule has 0 bridgehead atoms. The van der Waals surface area contributed by atoms with Crippen molar-refractivity contribution in [2.45, 2.75) is 12.0 Å². The largest absolute Gasteiger partial charge is 0.386 e. The SMILES string of the molecule is CN1CCN(CCNCC2(O)CCOC2)CC1. The summed E-state index contributed by atoms with van der Waals surface area (Å²) in [4.78, 5) is 4.84. The van der Waals surface area contributed by atoms with E-state index in [1.54, 1.807) is 0 Å². The monoisotopic (exact) mass is 243 g/mol. The van der Waals surface area contributed by atoms with Gasteiger partial charge in [-0.2, -0.15) is 0 Å². The molecule has 0 aromatic heterocycles. The molecule has 2 N–H and O–H groups in total. The van der Waals surface area contributed by atoms with Gasteiger partial charge in [0, 0.05) is 58.8 Å². The van der Waals surface area contributed by atoms with Gasteiger partial charge in [-0.25, -0.2) is 0 Å². The molecule has 2 fully saturated rings. The predicted octanol–water partition coefficient (Wildman–Crippen LogP) is -1.03. The van der Waals surface area contributed by atoms with Crippen molar-refractivity contribution in [2.24, 2.45) is 0 Å². The van der Waals surface area contributed by atoms with Crippen molar-refractivity contribution < 1.29 is 9.84 Å². The van der Waals surface area contributed by atoms with E-state index in [0.717, 1.165) is 45.7 Å². The van der Waals surface area contributed by atoms with E-state index in [-0.39, 0.29) is 0 Å². The third-order valence-electron chi connectivity index (χ3n) is 3.74. The minimum absolute atomic E-state index is 0.481. The molecule has 0 aromatic carbocycles. The average Bonchev–Trinajstić information content (AvgIpc) is 2.74. The summed E-state index contributed by atoms with van der Waals surface area (Å²) in [6.45, 7) is 8.50. The summed E-state index contributed by atoms with van der Waals surface area (Å²) in [6.07, 6.45) is 0.758. The zero-order valence-corrected chi connectivity index (χ0v) is 10.8. The Kier molecular flexibility index (Phi) is 4.76. The van der Waals surface area contributed by atoms with E-state index in [4.69, 9.17) is 4.74 Å². The van der Waals surface area contributed by atoms with Crippen LogP contribution in [0.15, 0.2) is 0 Å². The van der Waals surface area contributed by atoms with Crippen molar-refractivity contribution in [2.75, 3.05) is 66.1 Å². The van der Waals surface area contributed by atoms with Gasteiger partial charge in [-0.1, -0.05) is 0 Å². The zero-order valence-electron chi connectivity index (χ0n) is 10.8. The third kappa shape index (κ3) is 4.19. The molecule has 5 heteroatoms. The van der Waals surface area contributed by atoms with Gasteiger partial charge in [0.15, 0.2) is 0 Å². The lowest BCUT2D eigenvalue weighted by molar-refractivity contribution is 0.0265. The van der Waals surface area contributed by atoms with Gasteiger partial charge in [0.1, 0.15) is 5.60 Å². The third-order valence-corrected chi connectivity index (χ3v) is 3.74. The van der Waals surface area contributed by atoms with Crippen LogP contribution in [0.2, 0.25) is 0 Å². The van der Waals surface area contributed by atoms with Gasteiger partial charge in [0.25, 0.3) is 0 Å². The van der Waals surface area contributed by atoms with E-state index >= 15 is 0 Å². The summed E-state index contributed by atoms with van der Waals surface area (Å²) in [6, 6.07) is 0. The lowest BCUT2D eigenvalue weighted by Crippen LogP contribution is -2.48. The summed E-state index contributed by atoms with van der Waals surface area (Å²) in [7, 11) is 2.17. The summed E-state index contributed by atoms with van der Waals surface area (Å²) in [5.41, 5.74) is -0.623. The molecule has 0 aliphatic carbocycles. The van der Waals surface area contributed by atoms with Crippen LogP contribution in [0.5, 0.6) is 0 Å². The topological polar surface area (TPSA) is 48.0 Å². The van der Waals surface area contributed by atoms with Crippen LogP contribution in [-0.4, -0.2) is 86.6 Å². The van der Waals surface area contributed by atoms with Gasteiger partial charge in [0.2, 0.25) is 0 Å². The van der Waals surface area contributed by atoms with E-state index in [0.29, 0.717) is 19.8 Å². The van der Waals surface area contributed by atoms with E-state index in [1.165, 1.54) is 0 Å². The Hall–Kier alpha value is -0.200. The molecule has 100 valence electrons. The van der Waals surface area contributed by atoms with Gasteiger partial charge in [-0.3, -0.25) is 4.90 Å². The minimum atomic E-state index is -0.623. The molecule has 17 heavy (non-hydrogen) atoms. The molecule has 2 rings (SSSR count). The molecule has 2 saturated heterocycles. The first-order chi connectivity index (χ1) is 8.18. The van der Waals surface area contributed by atoms with Crippen LogP contribution in [0.4, 0.5) is 0 Å². The van der Waals surface area contributed by atoms with E-state index in [9.17, 15) is 5.11 Å². The number of piperazine rings is 1. The Balaban J connectivity index is 1.54. The molecule has 0 saturated carbocycles.